The Morgan fingerprint density at radius 3 is 2.96 bits per heavy atom. The van der Waals surface area contributed by atoms with Crippen LogP contribution in [0.5, 0.6) is 5.88 Å². The maximum absolute atomic E-state index is 12.1. The van der Waals surface area contributed by atoms with Gasteiger partial charge in [-0.15, -0.1) is 0 Å². The quantitative estimate of drug-likeness (QED) is 0.602. The molecule has 0 spiro atoms. The molecule has 128 valence electrons. The summed E-state index contributed by atoms with van der Waals surface area (Å²) in [6.07, 6.45) is 3.60. The molecule has 11 heteroatoms. The molecule has 0 bridgehead atoms. The van der Waals surface area contributed by atoms with Gasteiger partial charge < -0.3 is 15.2 Å². The summed E-state index contributed by atoms with van der Waals surface area (Å²) in [6.45, 7) is -0.989. The molecule has 0 aliphatic rings. The number of aliphatic hydroxyl groups is 1. The van der Waals surface area contributed by atoms with E-state index >= 15 is 0 Å². The second-order valence-electron chi connectivity index (χ2n) is 5.04. The lowest BCUT2D eigenvalue weighted by Crippen LogP contribution is -2.09. The van der Waals surface area contributed by atoms with Gasteiger partial charge in [0.1, 0.15) is 5.52 Å². The number of hydrogen-bond donors (Lipinski definition) is 3. The Hall–Kier alpha value is -2.82. The molecule has 3 N–H and O–H groups in total. The van der Waals surface area contributed by atoms with Gasteiger partial charge in [0.15, 0.2) is 17.3 Å². The standard InChI is InChI=1S/C13H15F2N7O2/c1-7(2-3-23)22-12-8(5-17-22)16-6-10(19-12)18-9-4-11(21-20-9)24-13(14)15/h4-7,13,23H,2-3H2,1H3,(H2,18,19,20,21). The second kappa shape index (κ2) is 6.74. The monoisotopic (exact) mass is 339 g/mol. The number of anilines is 2. The highest BCUT2D eigenvalue weighted by atomic mass is 19.3. The highest BCUT2D eigenvalue weighted by Crippen LogP contribution is 2.21. The summed E-state index contributed by atoms with van der Waals surface area (Å²) in [6, 6.07) is 1.23. The van der Waals surface area contributed by atoms with Gasteiger partial charge >= 0.3 is 6.61 Å². The summed E-state index contributed by atoms with van der Waals surface area (Å²) >= 11 is 0. The van der Waals surface area contributed by atoms with E-state index in [1.807, 2.05) is 6.92 Å². The molecule has 1 atom stereocenters. The number of hydrogen-bond acceptors (Lipinski definition) is 7. The normalized spacial score (nSPS) is 12.7. The van der Waals surface area contributed by atoms with Gasteiger partial charge in [-0.2, -0.15) is 19.0 Å². The average Bonchev–Trinajstić information content (AvgIpc) is 3.13. The number of H-pyrrole nitrogens is 1. The highest BCUT2D eigenvalue weighted by Gasteiger charge is 2.13. The number of fused-ring (bicyclic) bond motifs is 1. The molecule has 0 amide bonds. The van der Waals surface area contributed by atoms with Crippen molar-refractivity contribution in [1.29, 1.82) is 0 Å². The van der Waals surface area contributed by atoms with E-state index in [1.54, 1.807) is 10.9 Å². The van der Waals surface area contributed by atoms with Crippen LogP contribution in [0, 0.1) is 0 Å². The van der Waals surface area contributed by atoms with Gasteiger partial charge in [0.2, 0.25) is 5.88 Å². The SMILES string of the molecule is CC(CCO)n1ncc2ncc(Nc3cc(OC(F)F)[nH]n3)nc21. The molecule has 0 aliphatic carbocycles. The third kappa shape index (κ3) is 3.40. The van der Waals surface area contributed by atoms with Gasteiger partial charge in [-0.05, 0) is 13.3 Å². The van der Waals surface area contributed by atoms with Crippen molar-refractivity contribution in [3.63, 3.8) is 0 Å². The molecule has 3 aromatic heterocycles. The van der Waals surface area contributed by atoms with Crippen molar-refractivity contribution in [2.24, 2.45) is 0 Å². The number of nitrogens with one attached hydrogen (secondary N) is 2. The molecule has 0 saturated carbocycles. The van der Waals surface area contributed by atoms with E-state index in [0.717, 1.165) is 0 Å². The number of aromatic nitrogens is 6. The fourth-order valence-electron chi connectivity index (χ4n) is 2.17. The average molecular weight is 339 g/mol. The Kier molecular flexibility index (Phi) is 4.51. The molecular formula is C13H15F2N7O2. The van der Waals surface area contributed by atoms with Crippen molar-refractivity contribution < 1.29 is 18.6 Å². The van der Waals surface area contributed by atoms with Gasteiger partial charge in [0, 0.05) is 12.7 Å². The van der Waals surface area contributed by atoms with Crippen LogP contribution in [-0.2, 0) is 0 Å². The summed E-state index contributed by atoms with van der Waals surface area (Å²) in [5, 5.41) is 22.3. The number of aliphatic hydroxyl groups excluding tert-OH is 1. The van der Waals surface area contributed by atoms with E-state index in [1.165, 1.54) is 12.3 Å². The number of aromatic amines is 1. The Bertz CT molecular complexity index is 820. The zero-order chi connectivity index (χ0) is 17.1. The zero-order valence-electron chi connectivity index (χ0n) is 12.6. The predicted molar refractivity (Wildman–Crippen MR) is 80.2 cm³/mol. The highest BCUT2D eigenvalue weighted by molar-refractivity contribution is 5.72. The topological polar surface area (TPSA) is 114 Å². The maximum atomic E-state index is 12.1. The lowest BCUT2D eigenvalue weighted by Gasteiger charge is -2.11. The fourth-order valence-corrected chi connectivity index (χ4v) is 2.17. The minimum Gasteiger partial charge on any atom is -0.417 e. The maximum Gasteiger partial charge on any atom is 0.388 e. The van der Waals surface area contributed by atoms with Crippen LogP contribution in [0.2, 0.25) is 0 Å². The van der Waals surface area contributed by atoms with E-state index in [4.69, 9.17) is 5.11 Å². The molecule has 1 unspecified atom stereocenters. The van der Waals surface area contributed by atoms with Crippen LogP contribution in [0.15, 0.2) is 18.5 Å². The molecule has 0 radical (unpaired) electrons. The number of rotatable bonds is 7. The lowest BCUT2D eigenvalue weighted by molar-refractivity contribution is -0.0528. The van der Waals surface area contributed by atoms with Crippen LogP contribution in [-0.4, -0.2) is 48.3 Å². The Morgan fingerprint density at radius 1 is 1.38 bits per heavy atom. The second-order valence-corrected chi connectivity index (χ2v) is 5.04. The Balaban J connectivity index is 1.82. The number of alkyl halides is 2. The first kappa shape index (κ1) is 16.1. The number of ether oxygens (including phenoxy) is 1. The molecule has 3 rings (SSSR count). The molecule has 3 heterocycles. The zero-order valence-corrected chi connectivity index (χ0v) is 12.6. The minimum absolute atomic E-state index is 0.0358. The Morgan fingerprint density at radius 2 is 2.21 bits per heavy atom. The van der Waals surface area contributed by atoms with Crippen molar-refractivity contribution in [3.8, 4) is 5.88 Å². The third-order valence-electron chi connectivity index (χ3n) is 3.29. The molecular weight excluding hydrogens is 324 g/mol. The van der Waals surface area contributed by atoms with Crippen molar-refractivity contribution in [1.82, 2.24) is 29.9 Å². The largest absolute Gasteiger partial charge is 0.417 e. The summed E-state index contributed by atoms with van der Waals surface area (Å²) in [5.41, 5.74) is 1.15. The van der Waals surface area contributed by atoms with E-state index in [0.29, 0.717) is 23.4 Å². The molecule has 0 saturated heterocycles. The van der Waals surface area contributed by atoms with E-state index in [2.05, 4.69) is 35.3 Å². The lowest BCUT2D eigenvalue weighted by atomic mass is 10.2. The van der Waals surface area contributed by atoms with Gasteiger partial charge in [0.25, 0.3) is 0 Å². The molecule has 9 nitrogen and oxygen atoms in total. The summed E-state index contributed by atoms with van der Waals surface area (Å²) in [4.78, 5) is 8.64. The van der Waals surface area contributed by atoms with E-state index in [-0.39, 0.29) is 24.3 Å². The van der Waals surface area contributed by atoms with Gasteiger partial charge in [0.05, 0.1) is 18.4 Å². The molecule has 0 aromatic carbocycles. The smallest absolute Gasteiger partial charge is 0.388 e. The predicted octanol–water partition coefficient (Wildman–Crippen LogP) is 1.84. The van der Waals surface area contributed by atoms with Crippen molar-refractivity contribution >= 4 is 22.8 Å². The molecule has 3 aromatic rings. The first-order valence-electron chi connectivity index (χ1n) is 7.15. The van der Waals surface area contributed by atoms with Gasteiger partial charge in [-0.3, -0.25) is 0 Å². The first-order valence-corrected chi connectivity index (χ1v) is 7.15. The molecule has 0 fully saturated rings. The van der Waals surface area contributed by atoms with Crippen LogP contribution in [0.1, 0.15) is 19.4 Å². The summed E-state index contributed by atoms with van der Waals surface area (Å²) in [5.74, 6) is 0.465. The molecule has 0 aliphatic heterocycles. The van der Waals surface area contributed by atoms with Crippen LogP contribution < -0.4 is 10.1 Å². The first-order chi connectivity index (χ1) is 11.6. The van der Waals surface area contributed by atoms with Crippen LogP contribution in [0.3, 0.4) is 0 Å². The Labute approximate surface area is 134 Å². The van der Waals surface area contributed by atoms with Gasteiger partial charge in [-0.25, -0.2) is 19.7 Å². The van der Waals surface area contributed by atoms with Gasteiger partial charge in [-0.1, -0.05) is 0 Å². The van der Waals surface area contributed by atoms with Crippen LogP contribution in [0.25, 0.3) is 11.2 Å². The molecule has 24 heavy (non-hydrogen) atoms. The van der Waals surface area contributed by atoms with Crippen molar-refractivity contribution in [2.75, 3.05) is 11.9 Å². The minimum atomic E-state index is -2.93. The third-order valence-corrected chi connectivity index (χ3v) is 3.29. The number of halogens is 2. The summed E-state index contributed by atoms with van der Waals surface area (Å²) < 4.78 is 30.1. The summed E-state index contributed by atoms with van der Waals surface area (Å²) in [7, 11) is 0. The van der Waals surface area contributed by atoms with Crippen LogP contribution in [0.4, 0.5) is 20.4 Å². The number of nitrogens with zero attached hydrogens (tertiary/aromatic N) is 5. The van der Waals surface area contributed by atoms with Crippen LogP contribution >= 0.6 is 0 Å². The van der Waals surface area contributed by atoms with Crippen molar-refractivity contribution in [2.45, 2.75) is 26.0 Å². The van der Waals surface area contributed by atoms with E-state index in [9.17, 15) is 8.78 Å². The van der Waals surface area contributed by atoms with E-state index < -0.39 is 6.61 Å². The van der Waals surface area contributed by atoms with Crippen molar-refractivity contribution in [3.05, 3.63) is 18.5 Å². The fraction of sp³-hybridized carbons (Fsp3) is 0.385.